The van der Waals surface area contributed by atoms with Crippen LogP contribution in [-0.2, 0) is 15.6 Å². The van der Waals surface area contributed by atoms with Crippen LogP contribution >= 0.6 is 34.5 Å². The van der Waals surface area contributed by atoms with Crippen molar-refractivity contribution in [2.24, 2.45) is 0 Å². The number of aliphatic hydroxyl groups is 1. The van der Waals surface area contributed by atoms with Crippen LogP contribution in [0.2, 0.25) is 10.0 Å². The number of hydrogen-bond acceptors (Lipinski definition) is 8. The topological polar surface area (TPSA) is 141 Å². The Morgan fingerprint density at radius 1 is 1.24 bits per heavy atom. The van der Waals surface area contributed by atoms with Gasteiger partial charge in [0, 0.05) is 18.0 Å². The third-order valence-corrected chi connectivity index (χ3v) is 9.94. The van der Waals surface area contributed by atoms with Crippen molar-refractivity contribution >= 4 is 50.5 Å². The molecule has 42 heavy (non-hydrogen) atoms. The molecule has 0 aliphatic carbocycles. The van der Waals surface area contributed by atoms with Crippen LogP contribution in [0.4, 0.5) is 22.0 Å². The van der Waals surface area contributed by atoms with E-state index in [1.807, 2.05) is 0 Å². The van der Waals surface area contributed by atoms with Crippen molar-refractivity contribution in [3.05, 3.63) is 33.7 Å². The van der Waals surface area contributed by atoms with Crippen LogP contribution in [0.15, 0.2) is 17.0 Å². The Labute approximate surface area is 250 Å². The van der Waals surface area contributed by atoms with Gasteiger partial charge in [-0.25, -0.2) is 27.2 Å². The van der Waals surface area contributed by atoms with Gasteiger partial charge in [-0.3, -0.25) is 9.89 Å². The van der Waals surface area contributed by atoms with Gasteiger partial charge < -0.3 is 10.0 Å². The van der Waals surface area contributed by atoms with E-state index in [0.717, 1.165) is 28.4 Å². The van der Waals surface area contributed by atoms with E-state index >= 15 is 0 Å². The summed E-state index contributed by atoms with van der Waals surface area (Å²) in [5.41, 5.74) is -1.81. The quantitative estimate of drug-likeness (QED) is 0.291. The van der Waals surface area contributed by atoms with Crippen LogP contribution in [0.3, 0.4) is 0 Å². The van der Waals surface area contributed by atoms with Crippen LogP contribution < -0.4 is 4.72 Å². The summed E-state index contributed by atoms with van der Waals surface area (Å²) in [5, 5.41) is 15.7. The van der Waals surface area contributed by atoms with E-state index in [2.05, 4.69) is 20.2 Å². The number of nitrogens with zero attached hydrogens (tertiary/aromatic N) is 4. The fraction of sp³-hybridized carbons (Fsp3) is 0.478. The molecule has 0 radical (unpaired) electrons. The van der Waals surface area contributed by atoms with Gasteiger partial charge in [0.25, 0.3) is 11.8 Å². The molecule has 10 nitrogen and oxygen atoms in total. The second-order valence-corrected chi connectivity index (χ2v) is 13.7. The van der Waals surface area contributed by atoms with Crippen LogP contribution in [0.25, 0.3) is 21.3 Å². The van der Waals surface area contributed by atoms with E-state index in [1.54, 1.807) is 0 Å². The zero-order valence-corrected chi connectivity index (χ0v) is 25.3. The van der Waals surface area contributed by atoms with Crippen molar-refractivity contribution in [3.8, 4) is 21.3 Å². The van der Waals surface area contributed by atoms with E-state index < -0.39 is 73.6 Å². The fourth-order valence-corrected chi connectivity index (χ4v) is 7.25. The molecule has 2 unspecified atom stereocenters. The maximum Gasteiger partial charge on any atom is 0.404 e. The monoisotopic (exact) mass is 676 g/mol. The molecule has 2 atom stereocenters. The van der Waals surface area contributed by atoms with Gasteiger partial charge in [0.1, 0.15) is 22.2 Å². The van der Waals surface area contributed by atoms with Gasteiger partial charge in [-0.05, 0) is 33.8 Å². The van der Waals surface area contributed by atoms with Gasteiger partial charge in [-0.2, -0.15) is 23.0 Å². The van der Waals surface area contributed by atoms with Crippen molar-refractivity contribution in [1.29, 1.82) is 0 Å². The number of likely N-dealkylation sites (tertiary alicyclic amines) is 1. The number of carbonyl (C=O) groups is 1. The standard InChI is InChI=1S/C23H23Cl2F5N6O4S2/c1-9-7-22(26,27)8-36(9)19(37)15-16(41-18(31-15)17-32-20(34-33-17)21(3,4)38)11-5-6-12(14(25)13(11)24)42(39,40)35-10(2)23(28,29)30/h5-6,9-10,35,38H,7-8H2,1-4H3,(H,32,33,34). The Morgan fingerprint density at radius 3 is 2.40 bits per heavy atom. The number of aromatic amines is 1. The lowest BCUT2D eigenvalue weighted by Crippen LogP contribution is -2.43. The zero-order valence-electron chi connectivity index (χ0n) is 22.1. The summed E-state index contributed by atoms with van der Waals surface area (Å²) in [6.07, 6.45) is -5.46. The Morgan fingerprint density at radius 2 is 1.88 bits per heavy atom. The van der Waals surface area contributed by atoms with Crippen molar-refractivity contribution < 1.29 is 40.3 Å². The first-order valence-corrected chi connectivity index (χ1v) is 15.1. The first-order chi connectivity index (χ1) is 19.1. The molecule has 1 saturated heterocycles. The average Bonchev–Trinajstić information content (AvgIpc) is 3.55. The fourth-order valence-electron chi connectivity index (χ4n) is 4.07. The molecule has 1 aliphatic rings. The van der Waals surface area contributed by atoms with Gasteiger partial charge in [0.05, 0.1) is 21.5 Å². The number of sulfonamides is 1. The highest BCUT2D eigenvalue weighted by atomic mass is 35.5. The van der Waals surface area contributed by atoms with Gasteiger partial charge in [-0.15, -0.1) is 11.3 Å². The molecule has 1 amide bonds. The van der Waals surface area contributed by atoms with Gasteiger partial charge in [0.15, 0.2) is 10.8 Å². The summed E-state index contributed by atoms with van der Waals surface area (Å²) in [7, 11) is -4.81. The van der Waals surface area contributed by atoms with E-state index in [0.29, 0.717) is 6.92 Å². The van der Waals surface area contributed by atoms with Crippen molar-refractivity contribution in [2.45, 2.75) is 68.8 Å². The van der Waals surface area contributed by atoms with Crippen LogP contribution in [0.1, 0.15) is 50.4 Å². The van der Waals surface area contributed by atoms with Crippen LogP contribution in [0, 0.1) is 0 Å². The number of H-pyrrole nitrogens is 1. The summed E-state index contributed by atoms with van der Waals surface area (Å²) in [6.45, 7) is 4.05. The molecule has 3 aromatic rings. The predicted octanol–water partition coefficient (Wildman–Crippen LogP) is 5.23. The number of benzene rings is 1. The molecule has 230 valence electrons. The number of rotatable bonds is 7. The van der Waals surface area contributed by atoms with Crippen LogP contribution in [-0.4, -0.2) is 75.2 Å². The third kappa shape index (κ3) is 6.40. The Bertz CT molecular complexity index is 1640. The molecule has 19 heteroatoms. The summed E-state index contributed by atoms with van der Waals surface area (Å²) in [6, 6.07) is -1.30. The molecule has 0 bridgehead atoms. The molecule has 1 aromatic carbocycles. The largest absolute Gasteiger partial charge is 0.404 e. The van der Waals surface area contributed by atoms with Gasteiger partial charge >= 0.3 is 6.18 Å². The highest BCUT2D eigenvalue weighted by molar-refractivity contribution is 7.89. The number of alkyl halides is 5. The molecule has 0 spiro atoms. The normalized spacial score (nSPS) is 18.5. The number of aromatic nitrogens is 4. The Balaban J connectivity index is 1.84. The number of thiazole rings is 1. The third-order valence-electron chi connectivity index (χ3n) is 6.28. The SMILES string of the molecule is CC1CC(F)(F)CN1C(=O)c1nc(-c2n[nH]c(C(C)(C)O)n2)sc1-c1ccc(S(=O)(=O)NC(C)C(F)(F)F)c(Cl)c1Cl. The minimum Gasteiger partial charge on any atom is -0.382 e. The number of hydrogen-bond donors (Lipinski definition) is 3. The maximum absolute atomic E-state index is 14.1. The summed E-state index contributed by atoms with van der Waals surface area (Å²) in [4.78, 5) is 22.2. The van der Waals surface area contributed by atoms with E-state index in [4.69, 9.17) is 23.2 Å². The highest BCUT2D eigenvalue weighted by Gasteiger charge is 2.46. The number of halogens is 7. The molecular formula is C23H23Cl2F5N6O4S2. The maximum atomic E-state index is 14.1. The second-order valence-electron chi connectivity index (χ2n) is 10.2. The minimum atomic E-state index is -4.88. The lowest BCUT2D eigenvalue weighted by atomic mass is 10.1. The predicted molar refractivity (Wildman–Crippen MR) is 144 cm³/mol. The molecule has 1 aliphatic heterocycles. The first kappa shape index (κ1) is 32.5. The summed E-state index contributed by atoms with van der Waals surface area (Å²) < 4.78 is 94.1. The molecular weight excluding hydrogens is 654 g/mol. The Kier molecular flexibility index (Phi) is 8.45. The lowest BCUT2D eigenvalue weighted by Gasteiger charge is -2.20. The molecule has 4 rings (SSSR count). The number of carbonyl (C=O) groups excluding carboxylic acids is 1. The van der Waals surface area contributed by atoms with Crippen molar-refractivity contribution in [1.82, 2.24) is 29.8 Å². The molecule has 0 saturated carbocycles. The highest BCUT2D eigenvalue weighted by Crippen LogP contribution is 2.44. The van der Waals surface area contributed by atoms with E-state index in [1.165, 1.54) is 25.5 Å². The molecule has 3 heterocycles. The number of nitrogens with one attached hydrogen (secondary N) is 2. The summed E-state index contributed by atoms with van der Waals surface area (Å²) in [5.74, 6) is -4.02. The zero-order chi connectivity index (χ0) is 31.6. The van der Waals surface area contributed by atoms with Crippen molar-refractivity contribution in [3.63, 3.8) is 0 Å². The summed E-state index contributed by atoms with van der Waals surface area (Å²) >= 11 is 13.4. The van der Waals surface area contributed by atoms with Crippen LogP contribution in [0.5, 0.6) is 0 Å². The van der Waals surface area contributed by atoms with E-state index in [-0.39, 0.29) is 32.8 Å². The average molecular weight is 678 g/mol. The van der Waals surface area contributed by atoms with E-state index in [9.17, 15) is 40.3 Å². The minimum absolute atomic E-state index is 0.0144. The molecule has 2 aromatic heterocycles. The lowest BCUT2D eigenvalue weighted by molar-refractivity contribution is -0.147. The first-order valence-electron chi connectivity index (χ1n) is 12.0. The van der Waals surface area contributed by atoms with Gasteiger partial charge in [-0.1, -0.05) is 29.3 Å². The van der Waals surface area contributed by atoms with Gasteiger partial charge in [0.2, 0.25) is 15.8 Å². The second kappa shape index (κ2) is 10.9. The number of amides is 1. The van der Waals surface area contributed by atoms with Crippen molar-refractivity contribution in [2.75, 3.05) is 6.54 Å². The smallest absolute Gasteiger partial charge is 0.382 e. The molecule has 3 N–H and O–H groups in total. The Hall–Kier alpha value is -2.44. The molecule has 1 fully saturated rings.